The summed E-state index contributed by atoms with van der Waals surface area (Å²) in [6, 6.07) is 7.85. The van der Waals surface area contributed by atoms with E-state index in [0.717, 1.165) is 25.7 Å². The largest absolute Gasteiger partial charge is 0.446 e. The van der Waals surface area contributed by atoms with Gasteiger partial charge in [-0.1, -0.05) is 49.3 Å². The normalized spacial score (nSPS) is 33.3. The highest BCUT2D eigenvalue weighted by Crippen LogP contribution is 2.64. The molecule has 0 aliphatic heterocycles. The van der Waals surface area contributed by atoms with Gasteiger partial charge in [-0.15, -0.1) is 0 Å². The van der Waals surface area contributed by atoms with E-state index in [4.69, 9.17) is 4.74 Å². The third-order valence-corrected chi connectivity index (χ3v) is 9.26. The van der Waals surface area contributed by atoms with Crippen LogP contribution in [0.15, 0.2) is 78.4 Å². The summed E-state index contributed by atoms with van der Waals surface area (Å²) < 4.78 is 5.83. The van der Waals surface area contributed by atoms with Crippen LogP contribution in [-0.2, 0) is 4.74 Å². The van der Waals surface area contributed by atoms with Gasteiger partial charge in [-0.25, -0.2) is 4.79 Å². The summed E-state index contributed by atoms with van der Waals surface area (Å²) >= 11 is 0. The van der Waals surface area contributed by atoms with E-state index >= 15 is 0 Å². The Morgan fingerprint density at radius 3 is 2.66 bits per heavy atom. The predicted molar refractivity (Wildman–Crippen MR) is 137 cm³/mol. The fourth-order valence-corrected chi connectivity index (χ4v) is 7.41. The van der Waals surface area contributed by atoms with Crippen LogP contribution in [0.1, 0.15) is 57.9 Å². The van der Waals surface area contributed by atoms with Crippen molar-refractivity contribution in [2.45, 2.75) is 58.5 Å². The first-order chi connectivity index (χ1) is 17.0. The van der Waals surface area contributed by atoms with Gasteiger partial charge < -0.3 is 4.74 Å². The van der Waals surface area contributed by atoms with Crippen molar-refractivity contribution in [3.8, 4) is 0 Å². The van der Waals surface area contributed by atoms with Crippen molar-refractivity contribution >= 4 is 17.4 Å². The van der Waals surface area contributed by atoms with E-state index < -0.39 is 0 Å². The fraction of sp³-hybridized carbons (Fsp3) is 0.433. The highest BCUT2D eigenvalue weighted by atomic mass is 16.6. The molecule has 5 atom stereocenters. The Labute approximate surface area is 207 Å². The predicted octanol–water partition coefficient (Wildman–Crippen LogP) is 6.97. The standard InChI is InChI=1S/C30H33N3O2/c1-29-13-11-23(35-28(34)33-22-6-4-16-32-19-22)17-21(29)7-8-24-26-10-9-25(20-5-3-15-31-18-20)30(26,2)14-12-27(24)29/h3-7,9-10,15-16,18-19,23-24,27H,8,11-14,17H2,1-2H3,(H,33,34). The number of rotatable bonds is 3. The first-order valence-corrected chi connectivity index (χ1v) is 12.9. The molecule has 2 aromatic rings. The number of carbonyl (C=O) groups excluding carboxylic acids is 1. The number of anilines is 1. The smallest absolute Gasteiger partial charge is 0.411 e. The van der Waals surface area contributed by atoms with Crippen molar-refractivity contribution in [1.29, 1.82) is 0 Å². The van der Waals surface area contributed by atoms with Gasteiger partial charge in [0.15, 0.2) is 0 Å². The topological polar surface area (TPSA) is 64.1 Å². The molecule has 2 fully saturated rings. The Hall–Kier alpha value is -3.21. The van der Waals surface area contributed by atoms with Gasteiger partial charge in [0.2, 0.25) is 0 Å². The molecule has 6 rings (SSSR count). The molecule has 1 amide bonds. The minimum Gasteiger partial charge on any atom is -0.446 e. The molecule has 2 saturated carbocycles. The number of nitrogens with one attached hydrogen (secondary N) is 1. The first-order valence-electron chi connectivity index (χ1n) is 12.9. The monoisotopic (exact) mass is 467 g/mol. The van der Waals surface area contributed by atoms with Gasteiger partial charge in [0.05, 0.1) is 11.9 Å². The quantitative estimate of drug-likeness (QED) is 0.495. The number of ether oxygens (including phenoxy) is 1. The van der Waals surface area contributed by atoms with Crippen LogP contribution in [0, 0.1) is 22.7 Å². The second-order valence-corrected chi connectivity index (χ2v) is 11.0. The summed E-state index contributed by atoms with van der Waals surface area (Å²) in [4.78, 5) is 20.9. The molecule has 0 saturated heterocycles. The van der Waals surface area contributed by atoms with Gasteiger partial charge in [0.1, 0.15) is 6.10 Å². The Kier molecular flexibility index (Phi) is 5.39. The Morgan fingerprint density at radius 2 is 1.89 bits per heavy atom. The molecular weight excluding hydrogens is 434 g/mol. The molecule has 35 heavy (non-hydrogen) atoms. The Balaban J connectivity index is 1.17. The molecule has 2 aromatic heterocycles. The molecule has 5 unspecified atom stereocenters. The minimum absolute atomic E-state index is 0.0686. The van der Waals surface area contributed by atoms with Crippen molar-refractivity contribution in [2.24, 2.45) is 22.7 Å². The third-order valence-electron chi connectivity index (χ3n) is 9.26. The van der Waals surface area contributed by atoms with Crippen molar-refractivity contribution in [1.82, 2.24) is 9.97 Å². The molecule has 4 aliphatic rings. The van der Waals surface area contributed by atoms with Crippen LogP contribution in [0.5, 0.6) is 0 Å². The van der Waals surface area contributed by atoms with Gasteiger partial charge in [-0.2, -0.15) is 0 Å². The van der Waals surface area contributed by atoms with Crippen LogP contribution < -0.4 is 5.32 Å². The molecule has 5 nitrogen and oxygen atoms in total. The molecular formula is C30H33N3O2. The molecule has 0 aromatic carbocycles. The van der Waals surface area contributed by atoms with Gasteiger partial charge >= 0.3 is 6.09 Å². The summed E-state index contributed by atoms with van der Waals surface area (Å²) in [5.41, 5.74) is 6.73. The highest BCUT2D eigenvalue weighted by molar-refractivity contribution is 5.84. The highest BCUT2D eigenvalue weighted by Gasteiger charge is 2.54. The number of amides is 1. The van der Waals surface area contributed by atoms with Crippen LogP contribution in [-0.4, -0.2) is 22.2 Å². The van der Waals surface area contributed by atoms with Crippen LogP contribution in [0.3, 0.4) is 0 Å². The van der Waals surface area contributed by atoms with Gasteiger partial charge in [-0.05, 0) is 78.7 Å². The lowest BCUT2D eigenvalue weighted by Gasteiger charge is -2.56. The average Bonchev–Trinajstić information content (AvgIpc) is 3.22. The number of fused-ring (bicyclic) bond motifs is 5. The van der Waals surface area contributed by atoms with Gasteiger partial charge in [0, 0.05) is 30.4 Å². The van der Waals surface area contributed by atoms with Crippen LogP contribution in [0.25, 0.3) is 5.57 Å². The molecule has 2 heterocycles. The van der Waals surface area contributed by atoms with E-state index in [9.17, 15) is 4.79 Å². The fourth-order valence-electron chi connectivity index (χ4n) is 7.41. The zero-order valence-electron chi connectivity index (χ0n) is 20.5. The second-order valence-electron chi connectivity index (χ2n) is 11.0. The molecule has 0 spiro atoms. The number of pyridine rings is 2. The molecule has 180 valence electrons. The summed E-state index contributed by atoms with van der Waals surface area (Å²) in [6.07, 6.45) is 20.3. The number of nitrogens with zero attached hydrogens (tertiary/aromatic N) is 2. The van der Waals surface area contributed by atoms with Crippen LogP contribution >= 0.6 is 0 Å². The lowest BCUT2D eigenvalue weighted by molar-refractivity contribution is 0.0289. The number of allylic oxidation sites excluding steroid dienone is 5. The first kappa shape index (κ1) is 22.3. The van der Waals surface area contributed by atoms with E-state index in [-0.39, 0.29) is 23.0 Å². The number of hydrogen-bond donors (Lipinski definition) is 1. The van der Waals surface area contributed by atoms with E-state index in [1.807, 2.05) is 24.5 Å². The maximum Gasteiger partial charge on any atom is 0.411 e. The molecule has 5 heteroatoms. The minimum atomic E-state index is -0.389. The van der Waals surface area contributed by atoms with Crippen LogP contribution in [0.4, 0.5) is 10.5 Å². The molecule has 0 radical (unpaired) electrons. The summed E-state index contributed by atoms with van der Waals surface area (Å²) in [5.74, 6) is 1.23. The Morgan fingerprint density at radius 1 is 1.06 bits per heavy atom. The van der Waals surface area contributed by atoms with Crippen molar-refractivity contribution in [3.63, 3.8) is 0 Å². The van der Waals surface area contributed by atoms with E-state index in [1.165, 1.54) is 29.6 Å². The SMILES string of the molecule is CC12CCC3C(CC=C4CC(OC(=O)Nc5cccnc5)CCC43C)C1=CC=C2c1cccnc1. The van der Waals surface area contributed by atoms with E-state index in [2.05, 4.69) is 53.4 Å². The average molecular weight is 468 g/mol. The number of aromatic nitrogens is 2. The second kappa shape index (κ2) is 8.47. The summed E-state index contributed by atoms with van der Waals surface area (Å²) in [6.45, 7) is 4.91. The van der Waals surface area contributed by atoms with Crippen molar-refractivity contribution < 1.29 is 9.53 Å². The zero-order valence-corrected chi connectivity index (χ0v) is 20.5. The lowest BCUT2D eigenvalue weighted by Crippen LogP contribution is -2.47. The maximum atomic E-state index is 12.5. The number of hydrogen-bond acceptors (Lipinski definition) is 4. The van der Waals surface area contributed by atoms with E-state index in [1.54, 1.807) is 24.0 Å². The molecule has 4 aliphatic carbocycles. The van der Waals surface area contributed by atoms with Gasteiger partial charge in [0.25, 0.3) is 0 Å². The summed E-state index contributed by atoms with van der Waals surface area (Å²) in [7, 11) is 0. The zero-order chi connectivity index (χ0) is 24.0. The lowest BCUT2D eigenvalue weighted by atomic mass is 9.49. The maximum absolute atomic E-state index is 12.5. The third kappa shape index (κ3) is 3.72. The molecule has 0 bridgehead atoms. The van der Waals surface area contributed by atoms with Crippen LogP contribution in [0.2, 0.25) is 0 Å². The Bertz CT molecular complexity index is 1220. The summed E-state index contributed by atoms with van der Waals surface area (Å²) in [5, 5.41) is 2.80. The van der Waals surface area contributed by atoms with Crippen molar-refractivity contribution in [3.05, 3.63) is 84.0 Å². The molecule has 1 N–H and O–H groups in total. The van der Waals surface area contributed by atoms with E-state index in [0.29, 0.717) is 17.5 Å². The number of carbonyl (C=O) groups is 1. The van der Waals surface area contributed by atoms with Crippen molar-refractivity contribution in [2.75, 3.05) is 5.32 Å². The van der Waals surface area contributed by atoms with Gasteiger partial charge in [-0.3, -0.25) is 15.3 Å².